The molecule has 0 aromatic carbocycles. The Balaban J connectivity index is 2.09. The highest BCUT2D eigenvalue weighted by atomic mass is 32.2. The molecule has 4 heteroatoms. The number of hydrogen-bond acceptors (Lipinski definition) is 4. The molecule has 0 aromatic heterocycles. The molecule has 0 amide bonds. The van der Waals surface area contributed by atoms with Gasteiger partial charge in [0.2, 0.25) is 0 Å². The summed E-state index contributed by atoms with van der Waals surface area (Å²) in [5.41, 5.74) is 0. The van der Waals surface area contributed by atoms with Crippen LogP contribution in [-0.4, -0.2) is 22.9 Å². The van der Waals surface area contributed by atoms with Crippen LogP contribution in [0.2, 0.25) is 0 Å². The molecule has 2 fully saturated rings. The zero-order valence-electron chi connectivity index (χ0n) is 8.99. The van der Waals surface area contributed by atoms with Crippen molar-refractivity contribution in [2.24, 2.45) is 11.8 Å². The largest absolute Gasteiger partial charge is 0.465 e. The fraction of sp³-hybridized carbons (Fsp3) is 0.818. The first-order chi connectivity index (χ1) is 7.24. The maximum atomic E-state index is 11.7. The Morgan fingerprint density at radius 3 is 3.00 bits per heavy atom. The predicted molar refractivity (Wildman–Crippen MR) is 61.2 cm³/mol. The number of carbonyl (C=O) groups is 1. The number of esters is 1. The lowest BCUT2D eigenvalue weighted by atomic mass is 9.80. The lowest BCUT2D eigenvalue weighted by molar-refractivity contribution is -0.147. The fourth-order valence-electron chi connectivity index (χ4n) is 2.60. The van der Waals surface area contributed by atoms with Crippen LogP contribution in [0, 0.1) is 17.2 Å². The number of ether oxygens (including phenoxy) is 1. The summed E-state index contributed by atoms with van der Waals surface area (Å²) in [4.78, 5) is 11.7. The molecule has 84 valence electrons. The topological polar surface area (TPSA) is 50.2 Å². The van der Waals surface area contributed by atoms with Crippen LogP contribution >= 0.6 is 11.8 Å². The van der Waals surface area contributed by atoms with Crippen molar-refractivity contribution in [3.8, 4) is 0 Å². The molecule has 1 heterocycles. The van der Waals surface area contributed by atoms with E-state index >= 15 is 0 Å². The van der Waals surface area contributed by atoms with Crippen LogP contribution in [0.25, 0.3) is 0 Å². The van der Waals surface area contributed by atoms with Gasteiger partial charge in [-0.05, 0) is 25.7 Å². The Hall–Kier alpha value is -0.510. The van der Waals surface area contributed by atoms with E-state index in [9.17, 15) is 4.79 Å². The molecule has 15 heavy (non-hydrogen) atoms. The van der Waals surface area contributed by atoms with Crippen molar-refractivity contribution in [1.82, 2.24) is 0 Å². The number of hydrogen-bond donors (Lipinski definition) is 1. The summed E-state index contributed by atoms with van der Waals surface area (Å²) in [7, 11) is 0. The number of carbonyl (C=O) groups excluding carboxylic acids is 1. The SMILES string of the molecule is CCOC(=O)[C@H]1C(=N)S[C@H]2CCCC[C@H]12. The Morgan fingerprint density at radius 2 is 2.27 bits per heavy atom. The van der Waals surface area contributed by atoms with Crippen LogP contribution in [-0.2, 0) is 9.53 Å². The third-order valence-electron chi connectivity index (χ3n) is 3.28. The molecule has 0 spiro atoms. The first-order valence-electron chi connectivity index (χ1n) is 5.65. The van der Waals surface area contributed by atoms with Crippen molar-refractivity contribution in [2.75, 3.05) is 6.61 Å². The molecule has 1 aliphatic carbocycles. The van der Waals surface area contributed by atoms with Crippen LogP contribution in [0.5, 0.6) is 0 Å². The molecular weight excluding hydrogens is 210 g/mol. The fourth-order valence-corrected chi connectivity index (χ4v) is 4.09. The van der Waals surface area contributed by atoms with Crippen LogP contribution in [0.1, 0.15) is 32.6 Å². The van der Waals surface area contributed by atoms with Gasteiger partial charge in [0.05, 0.1) is 11.7 Å². The summed E-state index contributed by atoms with van der Waals surface area (Å²) in [6.45, 7) is 2.24. The zero-order chi connectivity index (χ0) is 10.8. The average molecular weight is 227 g/mol. The lowest BCUT2D eigenvalue weighted by Gasteiger charge is -2.26. The Labute approximate surface area is 94.5 Å². The third kappa shape index (κ3) is 2.05. The number of nitrogens with one attached hydrogen (secondary N) is 1. The minimum absolute atomic E-state index is 0.176. The minimum Gasteiger partial charge on any atom is -0.465 e. The third-order valence-corrected chi connectivity index (χ3v) is 4.68. The van der Waals surface area contributed by atoms with E-state index in [1.807, 2.05) is 6.92 Å². The molecule has 3 nitrogen and oxygen atoms in total. The second kappa shape index (κ2) is 4.56. The van der Waals surface area contributed by atoms with Crippen molar-refractivity contribution in [3.63, 3.8) is 0 Å². The van der Waals surface area contributed by atoms with Crippen LogP contribution < -0.4 is 0 Å². The number of thioether (sulfide) groups is 1. The van der Waals surface area contributed by atoms with Crippen molar-refractivity contribution in [3.05, 3.63) is 0 Å². The summed E-state index contributed by atoms with van der Waals surface area (Å²) in [6, 6.07) is 0. The van der Waals surface area contributed by atoms with Gasteiger partial charge < -0.3 is 4.74 Å². The van der Waals surface area contributed by atoms with Gasteiger partial charge in [0.15, 0.2) is 0 Å². The summed E-state index contributed by atoms with van der Waals surface area (Å²) in [5, 5.41) is 8.91. The Morgan fingerprint density at radius 1 is 1.53 bits per heavy atom. The van der Waals surface area contributed by atoms with Crippen LogP contribution in [0.3, 0.4) is 0 Å². The zero-order valence-corrected chi connectivity index (χ0v) is 9.81. The smallest absolute Gasteiger partial charge is 0.315 e. The molecule has 2 aliphatic rings. The highest BCUT2D eigenvalue weighted by molar-refractivity contribution is 8.14. The monoisotopic (exact) mass is 227 g/mol. The van der Waals surface area contributed by atoms with E-state index in [-0.39, 0.29) is 11.9 Å². The van der Waals surface area contributed by atoms with Gasteiger partial charge in [-0.25, -0.2) is 0 Å². The second-order valence-electron chi connectivity index (χ2n) is 4.20. The van der Waals surface area contributed by atoms with E-state index in [0.717, 1.165) is 12.8 Å². The number of rotatable bonds is 2. The van der Waals surface area contributed by atoms with Crippen molar-refractivity contribution in [2.45, 2.75) is 37.9 Å². The van der Waals surface area contributed by atoms with E-state index in [2.05, 4.69) is 0 Å². The van der Waals surface area contributed by atoms with Gasteiger partial charge in [-0.1, -0.05) is 12.8 Å². The molecule has 0 radical (unpaired) electrons. The normalized spacial score (nSPS) is 35.0. The van der Waals surface area contributed by atoms with Crippen LogP contribution in [0.15, 0.2) is 0 Å². The van der Waals surface area contributed by atoms with Gasteiger partial charge in [0, 0.05) is 5.25 Å². The molecule has 0 unspecified atom stereocenters. The summed E-state index contributed by atoms with van der Waals surface area (Å²) >= 11 is 1.59. The minimum atomic E-state index is -0.250. The Bertz CT molecular complexity index is 280. The van der Waals surface area contributed by atoms with Gasteiger partial charge in [0.25, 0.3) is 0 Å². The molecule has 2 rings (SSSR count). The van der Waals surface area contributed by atoms with E-state index in [4.69, 9.17) is 10.1 Å². The van der Waals surface area contributed by atoms with Crippen molar-refractivity contribution < 1.29 is 9.53 Å². The first-order valence-corrected chi connectivity index (χ1v) is 6.53. The number of fused-ring (bicyclic) bond motifs is 1. The standard InChI is InChI=1S/C11H17NO2S/c1-2-14-11(13)9-7-5-3-4-6-8(7)15-10(9)12/h7-9,12H,2-6H2,1H3/t7-,8-,9+/m0/s1. The summed E-state index contributed by atoms with van der Waals surface area (Å²) in [6.07, 6.45) is 4.69. The molecule has 0 aromatic rings. The van der Waals surface area contributed by atoms with Gasteiger partial charge in [-0.2, -0.15) is 0 Å². The molecule has 3 atom stereocenters. The van der Waals surface area contributed by atoms with E-state index in [1.165, 1.54) is 12.8 Å². The van der Waals surface area contributed by atoms with Gasteiger partial charge in [0.1, 0.15) is 5.92 Å². The highest BCUT2D eigenvalue weighted by Gasteiger charge is 2.46. The van der Waals surface area contributed by atoms with E-state index in [1.54, 1.807) is 11.8 Å². The molecule has 0 bridgehead atoms. The van der Waals surface area contributed by atoms with Gasteiger partial charge >= 0.3 is 5.97 Å². The van der Waals surface area contributed by atoms with Crippen LogP contribution in [0.4, 0.5) is 0 Å². The molecule has 1 aliphatic heterocycles. The molecule has 1 saturated heterocycles. The van der Waals surface area contributed by atoms with E-state index in [0.29, 0.717) is 22.8 Å². The second-order valence-corrected chi connectivity index (χ2v) is 5.48. The highest BCUT2D eigenvalue weighted by Crippen LogP contribution is 2.46. The van der Waals surface area contributed by atoms with Crippen molar-refractivity contribution >= 4 is 22.8 Å². The van der Waals surface area contributed by atoms with Crippen molar-refractivity contribution in [1.29, 1.82) is 5.41 Å². The molecule has 1 N–H and O–H groups in total. The Kier molecular flexibility index (Phi) is 3.34. The predicted octanol–water partition coefficient (Wildman–Crippen LogP) is 2.45. The summed E-state index contributed by atoms with van der Waals surface area (Å²) < 4.78 is 5.05. The summed E-state index contributed by atoms with van der Waals surface area (Å²) in [5.74, 6) is -0.0556. The quantitative estimate of drug-likeness (QED) is 0.737. The first kappa shape index (κ1) is 11.0. The van der Waals surface area contributed by atoms with Gasteiger partial charge in [-0.3, -0.25) is 10.2 Å². The molecular formula is C11H17NO2S. The molecule has 1 saturated carbocycles. The maximum absolute atomic E-state index is 11.7. The average Bonchev–Trinajstić information content (AvgIpc) is 2.54. The maximum Gasteiger partial charge on any atom is 0.315 e. The lowest BCUT2D eigenvalue weighted by Crippen LogP contribution is -2.31. The van der Waals surface area contributed by atoms with E-state index < -0.39 is 0 Å². The van der Waals surface area contributed by atoms with Gasteiger partial charge in [-0.15, -0.1) is 11.8 Å².